The molecule has 0 aliphatic carbocycles. The molecule has 1 aliphatic heterocycles. The molecule has 1 aromatic rings. The van der Waals surface area contributed by atoms with Gasteiger partial charge in [0, 0.05) is 29.4 Å². The van der Waals surface area contributed by atoms with Crippen molar-refractivity contribution in [1.29, 1.82) is 0 Å². The molecule has 17 heavy (non-hydrogen) atoms. The first-order valence-corrected chi connectivity index (χ1v) is 6.40. The molecule has 1 atom stereocenters. The Kier molecular flexibility index (Phi) is 4.20. The largest absolute Gasteiger partial charge is 0.389 e. The van der Waals surface area contributed by atoms with Crippen molar-refractivity contribution in [2.75, 3.05) is 18.5 Å². The van der Waals surface area contributed by atoms with E-state index in [1.807, 2.05) is 12.1 Å². The van der Waals surface area contributed by atoms with Gasteiger partial charge in [-0.3, -0.25) is 0 Å². The highest BCUT2D eigenvalue weighted by Crippen LogP contribution is 2.21. The van der Waals surface area contributed by atoms with Crippen LogP contribution in [0.2, 0.25) is 5.02 Å². The molecule has 3 N–H and O–H groups in total. The van der Waals surface area contributed by atoms with E-state index in [4.69, 9.17) is 34.3 Å². The van der Waals surface area contributed by atoms with Crippen LogP contribution in [0, 0.1) is 0 Å². The fourth-order valence-corrected chi connectivity index (χ4v) is 2.24. The second kappa shape index (κ2) is 5.67. The van der Waals surface area contributed by atoms with E-state index in [-0.39, 0.29) is 6.10 Å². The minimum atomic E-state index is 0.282. The summed E-state index contributed by atoms with van der Waals surface area (Å²) in [4.78, 5) is 0.349. The minimum absolute atomic E-state index is 0.282. The van der Waals surface area contributed by atoms with E-state index in [9.17, 15) is 0 Å². The molecule has 1 aromatic carbocycles. The number of ether oxygens (including phenoxy) is 1. The monoisotopic (exact) mass is 270 g/mol. The molecule has 2 rings (SSSR count). The van der Waals surface area contributed by atoms with Crippen molar-refractivity contribution in [3.8, 4) is 0 Å². The highest BCUT2D eigenvalue weighted by molar-refractivity contribution is 7.80. The van der Waals surface area contributed by atoms with E-state index in [1.165, 1.54) is 0 Å². The number of anilines is 1. The van der Waals surface area contributed by atoms with Gasteiger partial charge in [-0.15, -0.1) is 0 Å². The molecule has 1 fully saturated rings. The molecule has 5 heteroatoms. The Morgan fingerprint density at radius 2 is 2.41 bits per heavy atom. The maximum absolute atomic E-state index is 5.92. The number of nitrogens with one attached hydrogen (secondary N) is 1. The fraction of sp³-hybridized carbons (Fsp3) is 0.417. The zero-order valence-electron chi connectivity index (χ0n) is 9.41. The van der Waals surface area contributed by atoms with Crippen LogP contribution in [-0.4, -0.2) is 24.2 Å². The summed E-state index contributed by atoms with van der Waals surface area (Å²) in [5, 5.41) is 3.95. The van der Waals surface area contributed by atoms with Crippen LogP contribution >= 0.6 is 23.8 Å². The molecule has 92 valence electrons. The molecule has 0 saturated carbocycles. The van der Waals surface area contributed by atoms with Gasteiger partial charge in [0.2, 0.25) is 0 Å². The Hall–Kier alpha value is -0.840. The maximum Gasteiger partial charge on any atom is 0.106 e. The average Bonchev–Trinajstić information content (AvgIpc) is 2.80. The molecule has 1 heterocycles. The van der Waals surface area contributed by atoms with Gasteiger partial charge in [0.25, 0.3) is 0 Å². The summed E-state index contributed by atoms with van der Waals surface area (Å²) < 4.78 is 5.55. The second-order valence-corrected chi connectivity index (χ2v) is 4.95. The van der Waals surface area contributed by atoms with Crippen LogP contribution in [0.3, 0.4) is 0 Å². The lowest BCUT2D eigenvalue weighted by atomic mass is 10.1. The van der Waals surface area contributed by atoms with E-state index >= 15 is 0 Å². The number of nitrogens with two attached hydrogens (primary N) is 1. The van der Waals surface area contributed by atoms with Gasteiger partial charge in [-0.1, -0.05) is 23.8 Å². The second-order valence-electron chi connectivity index (χ2n) is 4.07. The van der Waals surface area contributed by atoms with E-state index in [0.29, 0.717) is 10.0 Å². The summed E-state index contributed by atoms with van der Waals surface area (Å²) in [5.41, 5.74) is 7.37. The van der Waals surface area contributed by atoms with Crippen molar-refractivity contribution in [2.24, 2.45) is 5.73 Å². The first-order valence-electron chi connectivity index (χ1n) is 5.61. The molecular formula is C12H15ClN2OS. The SMILES string of the molecule is NC(=S)c1cc(Cl)ccc1NCC1CCCO1. The van der Waals surface area contributed by atoms with Crippen LogP contribution in [0.1, 0.15) is 18.4 Å². The lowest BCUT2D eigenvalue weighted by molar-refractivity contribution is 0.120. The smallest absolute Gasteiger partial charge is 0.106 e. The molecule has 1 unspecified atom stereocenters. The van der Waals surface area contributed by atoms with Gasteiger partial charge in [0.15, 0.2) is 0 Å². The predicted octanol–water partition coefficient (Wildman–Crippen LogP) is 2.57. The number of thiocarbonyl (C=S) groups is 1. The lowest BCUT2D eigenvalue weighted by Gasteiger charge is -2.15. The van der Waals surface area contributed by atoms with Crippen molar-refractivity contribution in [2.45, 2.75) is 18.9 Å². The molecule has 0 aromatic heterocycles. The van der Waals surface area contributed by atoms with Crippen LogP contribution in [0.5, 0.6) is 0 Å². The van der Waals surface area contributed by atoms with Crippen LogP contribution in [-0.2, 0) is 4.74 Å². The number of hydrogen-bond donors (Lipinski definition) is 2. The lowest BCUT2D eigenvalue weighted by Crippen LogP contribution is -2.20. The van der Waals surface area contributed by atoms with Gasteiger partial charge in [0.05, 0.1) is 6.10 Å². The highest BCUT2D eigenvalue weighted by Gasteiger charge is 2.15. The van der Waals surface area contributed by atoms with E-state index in [1.54, 1.807) is 6.07 Å². The van der Waals surface area contributed by atoms with E-state index in [0.717, 1.165) is 37.2 Å². The molecule has 1 aliphatic rings. The van der Waals surface area contributed by atoms with Gasteiger partial charge < -0.3 is 15.8 Å². The fourth-order valence-electron chi connectivity index (χ4n) is 1.90. The van der Waals surface area contributed by atoms with Crippen LogP contribution < -0.4 is 11.1 Å². The molecule has 3 nitrogen and oxygen atoms in total. The third-order valence-electron chi connectivity index (χ3n) is 2.79. The number of hydrogen-bond acceptors (Lipinski definition) is 3. The molecular weight excluding hydrogens is 256 g/mol. The number of halogens is 1. The van der Waals surface area contributed by atoms with Crippen LogP contribution in [0.15, 0.2) is 18.2 Å². The predicted molar refractivity (Wildman–Crippen MR) is 74.8 cm³/mol. The Balaban J connectivity index is 2.06. The molecule has 0 radical (unpaired) electrons. The third kappa shape index (κ3) is 3.31. The quantitative estimate of drug-likeness (QED) is 0.826. The molecule has 0 bridgehead atoms. The third-order valence-corrected chi connectivity index (χ3v) is 3.25. The zero-order chi connectivity index (χ0) is 12.3. The van der Waals surface area contributed by atoms with Crippen molar-refractivity contribution in [1.82, 2.24) is 0 Å². The number of benzene rings is 1. The molecule has 0 amide bonds. The summed E-state index contributed by atoms with van der Waals surface area (Å²) in [6.07, 6.45) is 2.52. The van der Waals surface area contributed by atoms with Crippen molar-refractivity contribution < 1.29 is 4.74 Å². The van der Waals surface area contributed by atoms with E-state index in [2.05, 4.69) is 5.32 Å². The summed E-state index contributed by atoms with van der Waals surface area (Å²) in [6.45, 7) is 1.63. The maximum atomic E-state index is 5.92. The average molecular weight is 271 g/mol. The summed E-state index contributed by atoms with van der Waals surface area (Å²) in [6, 6.07) is 5.49. The number of rotatable bonds is 4. The van der Waals surface area contributed by atoms with Gasteiger partial charge in [-0.05, 0) is 31.0 Å². The molecule has 1 saturated heterocycles. The van der Waals surface area contributed by atoms with Crippen molar-refractivity contribution >= 4 is 34.5 Å². The van der Waals surface area contributed by atoms with Gasteiger partial charge in [-0.25, -0.2) is 0 Å². The Morgan fingerprint density at radius 3 is 3.06 bits per heavy atom. The first-order chi connectivity index (χ1) is 8.16. The standard InChI is InChI=1S/C12H15ClN2OS/c13-8-3-4-11(10(6-8)12(14)17)15-7-9-2-1-5-16-9/h3-4,6,9,15H,1-2,5,7H2,(H2,14,17). The minimum Gasteiger partial charge on any atom is -0.389 e. The van der Waals surface area contributed by atoms with Crippen molar-refractivity contribution in [3.05, 3.63) is 28.8 Å². The van der Waals surface area contributed by atoms with Crippen molar-refractivity contribution in [3.63, 3.8) is 0 Å². The zero-order valence-corrected chi connectivity index (χ0v) is 11.0. The van der Waals surface area contributed by atoms with Crippen LogP contribution in [0.25, 0.3) is 0 Å². The first kappa shape index (κ1) is 12.6. The Bertz CT molecular complexity index is 419. The molecule has 0 spiro atoms. The van der Waals surface area contributed by atoms with Gasteiger partial charge >= 0.3 is 0 Å². The van der Waals surface area contributed by atoms with Gasteiger partial charge in [-0.2, -0.15) is 0 Å². The van der Waals surface area contributed by atoms with Gasteiger partial charge in [0.1, 0.15) is 4.99 Å². The normalized spacial score (nSPS) is 19.2. The van der Waals surface area contributed by atoms with E-state index < -0.39 is 0 Å². The summed E-state index contributed by atoms with van der Waals surface area (Å²) in [5.74, 6) is 0. The highest BCUT2D eigenvalue weighted by atomic mass is 35.5. The Morgan fingerprint density at radius 1 is 1.59 bits per heavy atom. The summed E-state index contributed by atoms with van der Waals surface area (Å²) >= 11 is 10.9. The van der Waals surface area contributed by atoms with Crippen LogP contribution in [0.4, 0.5) is 5.69 Å². The Labute approximate surface area is 111 Å². The summed E-state index contributed by atoms with van der Waals surface area (Å²) in [7, 11) is 0. The topological polar surface area (TPSA) is 47.3 Å².